The molecule has 0 fully saturated rings. The van der Waals surface area contributed by atoms with Crippen LogP contribution in [0, 0.1) is 0 Å². The van der Waals surface area contributed by atoms with Crippen molar-refractivity contribution in [2.45, 2.75) is 6.61 Å². The van der Waals surface area contributed by atoms with Gasteiger partial charge in [-0.05, 0) is 69.8 Å². The molecule has 2 heterocycles. The number of nitrogens with zero attached hydrogens (tertiary/aromatic N) is 3. The predicted octanol–water partition coefficient (Wildman–Crippen LogP) is 9.33. The van der Waals surface area contributed by atoms with E-state index in [1.807, 2.05) is 83.4 Å². The summed E-state index contributed by atoms with van der Waals surface area (Å²) in [7, 11) is 0. The van der Waals surface area contributed by atoms with Crippen LogP contribution in [-0.2, 0) is 11.4 Å². The lowest BCUT2D eigenvalue weighted by molar-refractivity contribution is 0.0697. The molecular weight excluding hydrogens is 584 g/mol. The van der Waals surface area contributed by atoms with Gasteiger partial charge >= 0.3 is 5.97 Å². The van der Waals surface area contributed by atoms with Crippen molar-refractivity contribution in [3.05, 3.63) is 168 Å². The van der Waals surface area contributed by atoms with Gasteiger partial charge in [-0.3, -0.25) is 4.40 Å². The molecule has 7 aromatic rings. The average Bonchev–Trinajstić information content (AvgIpc) is 3.49. The molecule has 0 unspecified atom stereocenters. The fourth-order valence-corrected chi connectivity index (χ4v) is 5.37. The minimum Gasteiger partial charge on any atom is -0.478 e. The molecule has 7 rings (SSSR count). The molecule has 0 aliphatic carbocycles. The summed E-state index contributed by atoms with van der Waals surface area (Å²) in [5.74, 6) is -0.192. The highest BCUT2D eigenvalue weighted by Crippen LogP contribution is 2.33. The predicted molar refractivity (Wildman–Crippen MR) is 187 cm³/mol. The van der Waals surface area contributed by atoms with Crippen LogP contribution in [0.4, 0.5) is 11.5 Å². The van der Waals surface area contributed by atoms with E-state index in [0.717, 1.165) is 56.2 Å². The third kappa shape index (κ3) is 6.65. The van der Waals surface area contributed by atoms with Gasteiger partial charge in [-0.1, -0.05) is 114 Å². The van der Waals surface area contributed by atoms with E-state index >= 15 is 0 Å². The number of aromatic carboxylic acids is 1. The maximum Gasteiger partial charge on any atom is 0.335 e. The maximum absolute atomic E-state index is 11.4. The van der Waals surface area contributed by atoms with E-state index in [9.17, 15) is 9.90 Å². The van der Waals surface area contributed by atoms with E-state index in [1.165, 1.54) is 5.56 Å². The number of hydrogen-bond donors (Lipinski definition) is 2. The van der Waals surface area contributed by atoms with Crippen molar-refractivity contribution in [3.8, 4) is 33.5 Å². The number of carbonyl (C=O) groups is 1. The Morgan fingerprint density at radius 2 is 1.34 bits per heavy atom. The SMILES string of the molecule is O=C(O)c1ccc(Nc2c(-c3ccc(CO/N=C\c4ccc(-c5ccccc5)cc4)cc3)nc3cc(-c4ccccc4)ccn23)cc1. The van der Waals surface area contributed by atoms with E-state index in [1.54, 1.807) is 30.5 Å². The highest BCUT2D eigenvalue weighted by Gasteiger charge is 2.16. The number of imidazole rings is 1. The van der Waals surface area contributed by atoms with Gasteiger partial charge in [0.2, 0.25) is 0 Å². The standard InChI is InChI=1S/C40H30N4O3/c45-40(46)34-19-21-36(22-20-34)42-39-38(43-37-25-35(23-24-44(37)39)31-9-5-2-6-10-31)33-17-13-29(14-18-33)27-47-41-26-28-11-15-32(16-12-28)30-7-3-1-4-8-30/h1-26,42H,27H2,(H,45,46)/b41-26-. The number of pyridine rings is 1. The number of rotatable bonds is 10. The first-order chi connectivity index (χ1) is 23.1. The average molecular weight is 615 g/mol. The monoisotopic (exact) mass is 614 g/mol. The first-order valence-electron chi connectivity index (χ1n) is 15.2. The molecule has 0 aliphatic rings. The van der Waals surface area contributed by atoms with Crippen LogP contribution in [0.1, 0.15) is 21.5 Å². The van der Waals surface area contributed by atoms with E-state index in [2.05, 4.69) is 59.0 Å². The van der Waals surface area contributed by atoms with Crippen LogP contribution in [0.15, 0.2) is 157 Å². The summed E-state index contributed by atoms with van der Waals surface area (Å²) in [6, 6.07) is 47.5. The number of benzene rings is 5. The van der Waals surface area contributed by atoms with Gasteiger partial charge < -0.3 is 15.3 Å². The second kappa shape index (κ2) is 13.3. The normalized spacial score (nSPS) is 11.1. The Bertz CT molecular complexity index is 2160. The van der Waals surface area contributed by atoms with Crippen molar-refractivity contribution in [1.29, 1.82) is 0 Å². The van der Waals surface area contributed by atoms with E-state index in [0.29, 0.717) is 6.61 Å². The fraction of sp³-hybridized carbons (Fsp3) is 0.0250. The zero-order valence-electron chi connectivity index (χ0n) is 25.3. The lowest BCUT2D eigenvalue weighted by atomic mass is 10.0. The number of aromatic nitrogens is 2. The molecule has 2 aromatic heterocycles. The Morgan fingerprint density at radius 1 is 0.723 bits per heavy atom. The third-order valence-corrected chi connectivity index (χ3v) is 7.88. The van der Waals surface area contributed by atoms with Crippen molar-refractivity contribution < 1.29 is 14.7 Å². The number of carboxylic acid groups (broad SMARTS) is 1. The van der Waals surface area contributed by atoms with Gasteiger partial charge in [0.15, 0.2) is 0 Å². The molecule has 0 spiro atoms. The number of fused-ring (bicyclic) bond motifs is 1. The zero-order valence-corrected chi connectivity index (χ0v) is 25.3. The van der Waals surface area contributed by atoms with Crippen molar-refractivity contribution in [2.24, 2.45) is 5.16 Å². The fourth-order valence-electron chi connectivity index (χ4n) is 5.37. The molecular formula is C40H30N4O3. The minimum atomic E-state index is -0.965. The van der Waals surface area contributed by atoms with Crippen molar-refractivity contribution in [2.75, 3.05) is 5.32 Å². The number of hydrogen-bond acceptors (Lipinski definition) is 5. The third-order valence-electron chi connectivity index (χ3n) is 7.88. The molecule has 0 radical (unpaired) electrons. The van der Waals surface area contributed by atoms with Crippen LogP contribution in [0.25, 0.3) is 39.2 Å². The van der Waals surface area contributed by atoms with Gasteiger partial charge in [-0.2, -0.15) is 0 Å². The molecule has 0 atom stereocenters. The molecule has 0 saturated carbocycles. The molecule has 47 heavy (non-hydrogen) atoms. The van der Waals surface area contributed by atoms with Gasteiger partial charge in [0.25, 0.3) is 0 Å². The molecule has 0 aliphatic heterocycles. The Balaban J connectivity index is 1.10. The summed E-state index contributed by atoms with van der Waals surface area (Å²) in [6.07, 6.45) is 3.71. The van der Waals surface area contributed by atoms with Gasteiger partial charge in [-0.15, -0.1) is 0 Å². The topological polar surface area (TPSA) is 88.2 Å². The quantitative estimate of drug-likeness (QED) is 0.118. The van der Waals surface area contributed by atoms with Crippen molar-refractivity contribution in [3.63, 3.8) is 0 Å². The Morgan fingerprint density at radius 3 is 2.00 bits per heavy atom. The van der Waals surface area contributed by atoms with E-state index in [-0.39, 0.29) is 5.56 Å². The van der Waals surface area contributed by atoms with Gasteiger partial charge in [0.05, 0.1) is 11.8 Å². The van der Waals surface area contributed by atoms with Crippen LogP contribution in [0.2, 0.25) is 0 Å². The molecule has 7 heteroatoms. The summed E-state index contributed by atoms with van der Waals surface area (Å²) in [5, 5.41) is 17.0. The second-order valence-electron chi connectivity index (χ2n) is 11.0. The minimum absolute atomic E-state index is 0.226. The maximum atomic E-state index is 11.4. The number of oxime groups is 1. The molecule has 7 nitrogen and oxygen atoms in total. The number of nitrogens with one attached hydrogen (secondary N) is 1. The van der Waals surface area contributed by atoms with Crippen molar-refractivity contribution >= 4 is 29.3 Å². The smallest absolute Gasteiger partial charge is 0.335 e. The Hall–Kier alpha value is -6.47. The lowest BCUT2D eigenvalue weighted by Crippen LogP contribution is -1.99. The highest BCUT2D eigenvalue weighted by atomic mass is 16.6. The van der Waals surface area contributed by atoms with Crippen LogP contribution in [0.3, 0.4) is 0 Å². The molecule has 5 aromatic carbocycles. The van der Waals surface area contributed by atoms with E-state index in [4.69, 9.17) is 9.82 Å². The highest BCUT2D eigenvalue weighted by molar-refractivity contribution is 5.88. The molecule has 0 bridgehead atoms. The number of anilines is 2. The molecule has 2 N–H and O–H groups in total. The van der Waals surface area contributed by atoms with Crippen LogP contribution in [-0.4, -0.2) is 26.7 Å². The van der Waals surface area contributed by atoms with Crippen LogP contribution in [0.5, 0.6) is 0 Å². The largest absolute Gasteiger partial charge is 0.478 e. The summed E-state index contributed by atoms with van der Waals surface area (Å²) < 4.78 is 2.00. The second-order valence-corrected chi connectivity index (χ2v) is 11.0. The summed E-state index contributed by atoms with van der Waals surface area (Å²) in [4.78, 5) is 22.0. The summed E-state index contributed by atoms with van der Waals surface area (Å²) in [5.41, 5.74) is 9.87. The Labute approximate surface area is 272 Å². The number of carboxylic acids is 1. The Kier molecular flexibility index (Phi) is 8.25. The van der Waals surface area contributed by atoms with Crippen molar-refractivity contribution in [1.82, 2.24) is 9.38 Å². The lowest BCUT2D eigenvalue weighted by Gasteiger charge is -2.10. The van der Waals surface area contributed by atoms with Gasteiger partial charge in [0.1, 0.15) is 23.8 Å². The summed E-state index contributed by atoms with van der Waals surface area (Å²) in [6.45, 7) is 0.325. The first-order valence-corrected chi connectivity index (χ1v) is 15.2. The van der Waals surface area contributed by atoms with Gasteiger partial charge in [-0.25, -0.2) is 9.78 Å². The van der Waals surface area contributed by atoms with Gasteiger partial charge in [0, 0.05) is 17.4 Å². The molecule has 228 valence electrons. The summed E-state index contributed by atoms with van der Waals surface area (Å²) >= 11 is 0. The first kappa shape index (κ1) is 29.3. The van der Waals surface area contributed by atoms with Crippen LogP contribution >= 0.6 is 0 Å². The van der Waals surface area contributed by atoms with Crippen LogP contribution < -0.4 is 5.32 Å². The molecule has 0 amide bonds. The zero-order chi connectivity index (χ0) is 32.0. The van der Waals surface area contributed by atoms with E-state index < -0.39 is 5.97 Å². The molecule has 0 saturated heterocycles.